The number of hydrogen-bond donors (Lipinski definition) is 2. The second-order valence-corrected chi connectivity index (χ2v) is 2.87. The van der Waals surface area contributed by atoms with Crippen LogP contribution in [0.1, 0.15) is 5.82 Å². The van der Waals surface area contributed by atoms with E-state index in [1.807, 2.05) is 0 Å². The molecule has 72 valence electrons. The van der Waals surface area contributed by atoms with Gasteiger partial charge < -0.3 is 10.7 Å². The van der Waals surface area contributed by atoms with Gasteiger partial charge in [0.1, 0.15) is 11.6 Å². The minimum atomic E-state index is -0.207. The molecular formula is C8H9N5O. The monoisotopic (exact) mass is 191 g/mol. The molecule has 0 aliphatic rings. The summed E-state index contributed by atoms with van der Waals surface area (Å²) in [5.74, 6) is 1.40. The smallest absolute Gasteiger partial charge is 0.253 e. The lowest BCUT2D eigenvalue weighted by molar-refractivity contribution is 0.826. The Balaban J connectivity index is 2.56. The van der Waals surface area contributed by atoms with E-state index >= 15 is 0 Å². The summed E-state index contributed by atoms with van der Waals surface area (Å²) < 4.78 is 1.46. The standard InChI is InChI=1S/C8H9N5O/c1-5-10-7(4-8(14)11-5)13-3-2-6(9)12-13/h2-4H,1H3,(H2,9,12)(H,10,11,14). The second kappa shape index (κ2) is 2.99. The molecule has 0 aliphatic carbocycles. The van der Waals surface area contributed by atoms with Crippen LogP contribution in [0.25, 0.3) is 5.82 Å². The number of aromatic nitrogens is 4. The number of anilines is 1. The zero-order valence-corrected chi connectivity index (χ0v) is 7.56. The lowest BCUT2D eigenvalue weighted by Gasteiger charge is -1.99. The molecule has 0 aliphatic heterocycles. The van der Waals surface area contributed by atoms with E-state index in [1.54, 1.807) is 19.2 Å². The van der Waals surface area contributed by atoms with Gasteiger partial charge in [0.2, 0.25) is 0 Å². The summed E-state index contributed by atoms with van der Waals surface area (Å²) in [6, 6.07) is 3.00. The van der Waals surface area contributed by atoms with E-state index in [4.69, 9.17) is 5.73 Å². The molecule has 0 unspecified atom stereocenters. The average Bonchev–Trinajstić information content (AvgIpc) is 2.50. The van der Waals surface area contributed by atoms with Gasteiger partial charge in [-0.3, -0.25) is 4.79 Å². The highest BCUT2D eigenvalue weighted by Crippen LogP contribution is 2.02. The number of H-pyrrole nitrogens is 1. The Bertz CT molecular complexity index is 512. The zero-order valence-electron chi connectivity index (χ0n) is 7.56. The van der Waals surface area contributed by atoms with Gasteiger partial charge in [0.15, 0.2) is 5.82 Å². The van der Waals surface area contributed by atoms with E-state index < -0.39 is 0 Å². The second-order valence-electron chi connectivity index (χ2n) is 2.87. The van der Waals surface area contributed by atoms with Crippen LogP contribution in [-0.2, 0) is 0 Å². The first-order valence-electron chi connectivity index (χ1n) is 4.04. The summed E-state index contributed by atoms with van der Waals surface area (Å²) in [5, 5.41) is 3.94. The Morgan fingerprint density at radius 2 is 2.36 bits per heavy atom. The van der Waals surface area contributed by atoms with Crippen LogP contribution in [0, 0.1) is 6.92 Å². The molecule has 6 nitrogen and oxygen atoms in total. The van der Waals surface area contributed by atoms with Crippen molar-refractivity contribution in [3.63, 3.8) is 0 Å². The highest BCUT2D eigenvalue weighted by Gasteiger charge is 2.01. The lowest BCUT2D eigenvalue weighted by atomic mass is 10.5. The molecule has 0 fully saturated rings. The topological polar surface area (TPSA) is 89.6 Å². The normalized spacial score (nSPS) is 10.4. The first-order valence-corrected chi connectivity index (χ1v) is 4.04. The third-order valence-electron chi connectivity index (χ3n) is 1.69. The number of aromatic amines is 1. The highest BCUT2D eigenvalue weighted by atomic mass is 16.1. The van der Waals surface area contributed by atoms with Gasteiger partial charge >= 0.3 is 0 Å². The van der Waals surface area contributed by atoms with E-state index in [1.165, 1.54) is 10.7 Å². The highest BCUT2D eigenvalue weighted by molar-refractivity contribution is 5.29. The van der Waals surface area contributed by atoms with Crippen LogP contribution in [0.3, 0.4) is 0 Å². The number of nitrogens with zero attached hydrogens (tertiary/aromatic N) is 3. The summed E-state index contributed by atoms with van der Waals surface area (Å²) in [4.78, 5) is 17.8. The fourth-order valence-electron chi connectivity index (χ4n) is 1.15. The quantitative estimate of drug-likeness (QED) is 0.655. The van der Waals surface area contributed by atoms with Gasteiger partial charge in [-0.25, -0.2) is 9.67 Å². The molecule has 0 radical (unpaired) electrons. The zero-order chi connectivity index (χ0) is 10.1. The number of nitrogen functional groups attached to an aromatic ring is 1. The molecule has 0 spiro atoms. The van der Waals surface area contributed by atoms with Crippen LogP contribution in [0.2, 0.25) is 0 Å². The van der Waals surface area contributed by atoms with Crippen molar-refractivity contribution < 1.29 is 0 Å². The molecule has 2 aromatic heterocycles. The van der Waals surface area contributed by atoms with Gasteiger partial charge in [-0.05, 0) is 6.92 Å². The molecule has 3 N–H and O–H groups in total. The number of hydrogen-bond acceptors (Lipinski definition) is 4. The molecular weight excluding hydrogens is 182 g/mol. The molecule has 0 saturated carbocycles. The van der Waals surface area contributed by atoms with Gasteiger partial charge in [0.05, 0.1) is 0 Å². The lowest BCUT2D eigenvalue weighted by Crippen LogP contribution is -2.12. The van der Waals surface area contributed by atoms with Crippen molar-refractivity contribution in [1.82, 2.24) is 19.7 Å². The molecule has 2 aromatic rings. The Labute approximate surface area is 79.4 Å². The van der Waals surface area contributed by atoms with E-state index in [9.17, 15) is 4.79 Å². The maximum absolute atomic E-state index is 11.1. The van der Waals surface area contributed by atoms with Crippen molar-refractivity contribution in [3.05, 3.63) is 34.5 Å². The van der Waals surface area contributed by atoms with Crippen LogP contribution in [0.15, 0.2) is 23.1 Å². The van der Waals surface area contributed by atoms with Crippen molar-refractivity contribution in [1.29, 1.82) is 0 Å². The molecule has 0 saturated heterocycles. The van der Waals surface area contributed by atoms with Crippen molar-refractivity contribution in [2.24, 2.45) is 0 Å². The minimum Gasteiger partial charge on any atom is -0.382 e. The Morgan fingerprint density at radius 3 is 2.93 bits per heavy atom. The third-order valence-corrected chi connectivity index (χ3v) is 1.69. The number of aryl methyl sites for hydroxylation is 1. The van der Waals surface area contributed by atoms with Gasteiger partial charge in [0.25, 0.3) is 5.56 Å². The van der Waals surface area contributed by atoms with Crippen molar-refractivity contribution >= 4 is 5.82 Å². The van der Waals surface area contributed by atoms with Crippen LogP contribution >= 0.6 is 0 Å². The SMILES string of the molecule is Cc1nc(-n2ccc(N)n2)cc(=O)[nH]1. The number of nitrogens with two attached hydrogens (primary N) is 1. The van der Waals surface area contributed by atoms with Crippen LogP contribution < -0.4 is 11.3 Å². The molecule has 14 heavy (non-hydrogen) atoms. The van der Waals surface area contributed by atoms with Crippen molar-refractivity contribution in [2.75, 3.05) is 5.73 Å². The van der Waals surface area contributed by atoms with Crippen LogP contribution in [0.4, 0.5) is 5.82 Å². The minimum absolute atomic E-state index is 0.207. The number of nitrogens with one attached hydrogen (secondary N) is 1. The van der Waals surface area contributed by atoms with Gasteiger partial charge in [-0.15, -0.1) is 5.10 Å². The Kier molecular flexibility index (Phi) is 1.81. The van der Waals surface area contributed by atoms with Crippen molar-refractivity contribution in [2.45, 2.75) is 6.92 Å². The van der Waals surface area contributed by atoms with Gasteiger partial charge in [-0.2, -0.15) is 0 Å². The predicted molar refractivity (Wildman–Crippen MR) is 51.1 cm³/mol. The van der Waals surface area contributed by atoms with Crippen LogP contribution in [0.5, 0.6) is 0 Å². The summed E-state index contributed by atoms with van der Waals surface area (Å²) in [7, 11) is 0. The third kappa shape index (κ3) is 1.49. The maximum atomic E-state index is 11.1. The molecule has 2 heterocycles. The maximum Gasteiger partial charge on any atom is 0.253 e. The summed E-state index contributed by atoms with van der Waals surface area (Å²) in [5.41, 5.74) is 5.24. The van der Waals surface area contributed by atoms with E-state index in [-0.39, 0.29) is 5.56 Å². The molecule has 0 bridgehead atoms. The van der Waals surface area contributed by atoms with E-state index in [0.717, 1.165) is 0 Å². The summed E-state index contributed by atoms with van der Waals surface area (Å²) in [6.45, 7) is 1.71. The average molecular weight is 191 g/mol. The Morgan fingerprint density at radius 1 is 1.57 bits per heavy atom. The summed E-state index contributed by atoms with van der Waals surface area (Å²) in [6.07, 6.45) is 1.65. The summed E-state index contributed by atoms with van der Waals surface area (Å²) >= 11 is 0. The fourth-order valence-corrected chi connectivity index (χ4v) is 1.15. The van der Waals surface area contributed by atoms with Gasteiger partial charge in [0, 0.05) is 18.3 Å². The van der Waals surface area contributed by atoms with E-state index in [0.29, 0.717) is 17.5 Å². The fraction of sp³-hybridized carbons (Fsp3) is 0.125. The molecule has 0 amide bonds. The van der Waals surface area contributed by atoms with E-state index in [2.05, 4.69) is 15.1 Å². The number of rotatable bonds is 1. The van der Waals surface area contributed by atoms with Crippen molar-refractivity contribution in [3.8, 4) is 5.82 Å². The molecule has 6 heteroatoms. The Hall–Kier alpha value is -2.11. The molecule has 0 atom stereocenters. The molecule has 0 aromatic carbocycles. The first kappa shape index (κ1) is 8.49. The van der Waals surface area contributed by atoms with Gasteiger partial charge in [-0.1, -0.05) is 0 Å². The first-order chi connectivity index (χ1) is 6.65. The predicted octanol–water partition coefficient (Wildman–Crippen LogP) is -0.154. The largest absolute Gasteiger partial charge is 0.382 e. The van der Waals surface area contributed by atoms with Crippen LogP contribution in [-0.4, -0.2) is 19.7 Å². The molecule has 2 rings (SSSR count).